The molecule has 0 bridgehead atoms. The first-order valence-electron chi connectivity index (χ1n) is 5.12. The maximum absolute atomic E-state index is 11.2. The lowest BCUT2D eigenvalue weighted by Crippen LogP contribution is -2.34. The summed E-state index contributed by atoms with van der Waals surface area (Å²) < 4.78 is 2.11. The topological polar surface area (TPSA) is 66.8 Å². The van der Waals surface area contributed by atoms with E-state index in [1.165, 1.54) is 12.4 Å². The first-order valence-corrected chi connectivity index (χ1v) is 5.12. The molecule has 1 N–H and O–H groups in total. The molecule has 3 heterocycles. The average molecular weight is 217 g/mol. The number of hydrogen-bond acceptors (Lipinski definition) is 4. The number of rotatable bonds is 1. The number of nitrogens with one attached hydrogen (secondary N) is 1. The average Bonchev–Trinajstić information content (AvgIpc) is 2.75. The third-order valence-electron chi connectivity index (χ3n) is 2.73. The summed E-state index contributed by atoms with van der Waals surface area (Å²) in [5, 5.41) is 0. The summed E-state index contributed by atoms with van der Waals surface area (Å²) in [7, 11) is 0. The van der Waals surface area contributed by atoms with E-state index < -0.39 is 0 Å². The van der Waals surface area contributed by atoms with Crippen LogP contribution in [0.3, 0.4) is 0 Å². The van der Waals surface area contributed by atoms with Crippen LogP contribution in [-0.4, -0.2) is 26.1 Å². The van der Waals surface area contributed by atoms with Crippen LogP contribution in [0.15, 0.2) is 29.6 Å². The Labute approximate surface area is 91.6 Å². The van der Waals surface area contributed by atoms with Crippen molar-refractivity contribution in [2.75, 3.05) is 11.4 Å². The predicted octanol–water partition coefficient (Wildman–Crippen LogP) is -0.0134. The van der Waals surface area contributed by atoms with Gasteiger partial charge in [-0.15, -0.1) is 0 Å². The van der Waals surface area contributed by atoms with Gasteiger partial charge in [-0.3, -0.25) is 4.79 Å². The van der Waals surface area contributed by atoms with Crippen molar-refractivity contribution in [2.45, 2.75) is 13.1 Å². The smallest absolute Gasteiger partial charge is 0.252 e. The summed E-state index contributed by atoms with van der Waals surface area (Å²) in [4.78, 5) is 24.2. The lowest BCUT2D eigenvalue weighted by atomic mass is 10.3. The van der Waals surface area contributed by atoms with E-state index in [4.69, 9.17) is 0 Å². The van der Waals surface area contributed by atoms with Crippen LogP contribution in [-0.2, 0) is 13.1 Å². The molecule has 2 aromatic heterocycles. The number of hydrogen-bond donors (Lipinski definition) is 1. The van der Waals surface area contributed by atoms with Crippen LogP contribution in [0, 0.1) is 0 Å². The zero-order valence-corrected chi connectivity index (χ0v) is 8.63. The summed E-state index contributed by atoms with van der Waals surface area (Å²) in [6.45, 7) is 2.42. The van der Waals surface area contributed by atoms with E-state index in [2.05, 4.69) is 24.4 Å². The van der Waals surface area contributed by atoms with Crippen molar-refractivity contribution in [3.63, 3.8) is 0 Å². The zero-order chi connectivity index (χ0) is 11.0. The van der Waals surface area contributed by atoms with Crippen LogP contribution >= 0.6 is 0 Å². The van der Waals surface area contributed by atoms with E-state index in [9.17, 15) is 4.79 Å². The molecule has 1 aliphatic rings. The molecule has 0 aliphatic carbocycles. The maximum atomic E-state index is 11.2. The third-order valence-corrected chi connectivity index (χ3v) is 2.73. The van der Waals surface area contributed by atoms with E-state index in [1.807, 2.05) is 6.20 Å². The predicted molar refractivity (Wildman–Crippen MR) is 58.1 cm³/mol. The maximum Gasteiger partial charge on any atom is 0.252 e. The quantitative estimate of drug-likeness (QED) is 0.729. The summed E-state index contributed by atoms with van der Waals surface area (Å²) in [5.74, 6) is 1.71. The minimum absolute atomic E-state index is 0.126. The first kappa shape index (κ1) is 9.14. The van der Waals surface area contributed by atoms with Crippen LogP contribution in [0.25, 0.3) is 0 Å². The van der Waals surface area contributed by atoms with Crippen molar-refractivity contribution in [1.29, 1.82) is 0 Å². The number of anilines is 1. The molecule has 82 valence electrons. The van der Waals surface area contributed by atoms with Gasteiger partial charge in [-0.05, 0) is 0 Å². The van der Waals surface area contributed by atoms with Crippen LogP contribution in [0.4, 0.5) is 5.82 Å². The number of fused-ring (bicyclic) bond motifs is 1. The number of aromatic nitrogens is 4. The van der Waals surface area contributed by atoms with Gasteiger partial charge < -0.3 is 14.5 Å². The summed E-state index contributed by atoms with van der Waals surface area (Å²) in [6.07, 6.45) is 5.20. The molecule has 6 heteroatoms. The molecule has 0 fully saturated rings. The summed E-state index contributed by atoms with van der Waals surface area (Å²) in [6, 6.07) is 1.51. The number of aromatic amines is 1. The SMILES string of the molecule is O=c1cc(N2CCn3ccnc3C2)nc[nH]1. The van der Waals surface area contributed by atoms with E-state index in [0.717, 1.165) is 18.9 Å². The molecule has 2 aromatic rings. The number of nitrogens with zero attached hydrogens (tertiary/aromatic N) is 4. The van der Waals surface area contributed by atoms with Gasteiger partial charge in [-0.2, -0.15) is 0 Å². The highest BCUT2D eigenvalue weighted by atomic mass is 16.1. The Bertz CT molecular complexity index is 558. The van der Waals surface area contributed by atoms with Gasteiger partial charge in [0.25, 0.3) is 5.56 Å². The fourth-order valence-electron chi connectivity index (χ4n) is 1.90. The normalized spacial score (nSPS) is 14.9. The molecule has 0 unspecified atom stereocenters. The molecule has 0 radical (unpaired) electrons. The van der Waals surface area contributed by atoms with Crippen LogP contribution in [0.1, 0.15) is 5.82 Å². The Morgan fingerprint density at radius 3 is 3.12 bits per heavy atom. The molecule has 6 nitrogen and oxygen atoms in total. The molecule has 0 aromatic carbocycles. The molecule has 3 rings (SSSR count). The Morgan fingerprint density at radius 2 is 2.25 bits per heavy atom. The van der Waals surface area contributed by atoms with Gasteiger partial charge in [0.05, 0.1) is 12.9 Å². The van der Waals surface area contributed by atoms with Crippen molar-refractivity contribution in [3.05, 3.63) is 41.0 Å². The Morgan fingerprint density at radius 1 is 1.31 bits per heavy atom. The van der Waals surface area contributed by atoms with Gasteiger partial charge in [0, 0.05) is 31.5 Å². The van der Waals surface area contributed by atoms with E-state index in [0.29, 0.717) is 12.4 Å². The zero-order valence-electron chi connectivity index (χ0n) is 8.63. The fourth-order valence-corrected chi connectivity index (χ4v) is 1.90. The molecular weight excluding hydrogens is 206 g/mol. The second kappa shape index (κ2) is 3.48. The molecule has 0 saturated heterocycles. The van der Waals surface area contributed by atoms with Crippen molar-refractivity contribution in [1.82, 2.24) is 19.5 Å². The summed E-state index contributed by atoms with van der Waals surface area (Å²) in [5.41, 5.74) is -0.126. The van der Waals surface area contributed by atoms with Gasteiger partial charge in [-0.25, -0.2) is 9.97 Å². The van der Waals surface area contributed by atoms with Crippen molar-refractivity contribution >= 4 is 5.82 Å². The standard InChI is InChI=1S/C10H11N5O/c16-10-5-8(12-7-13-10)15-4-3-14-2-1-11-9(14)6-15/h1-2,5,7H,3-4,6H2,(H,12,13,16). The van der Waals surface area contributed by atoms with Crippen LogP contribution < -0.4 is 10.5 Å². The minimum atomic E-state index is -0.126. The molecule has 1 aliphatic heterocycles. The lowest BCUT2D eigenvalue weighted by Gasteiger charge is -2.28. The fraction of sp³-hybridized carbons (Fsp3) is 0.300. The van der Waals surface area contributed by atoms with Gasteiger partial charge in [0.2, 0.25) is 0 Å². The molecule has 16 heavy (non-hydrogen) atoms. The minimum Gasteiger partial charge on any atom is -0.347 e. The molecule has 0 amide bonds. The van der Waals surface area contributed by atoms with Gasteiger partial charge in [0.1, 0.15) is 11.6 Å². The molecule has 0 atom stereocenters. The largest absolute Gasteiger partial charge is 0.347 e. The van der Waals surface area contributed by atoms with Gasteiger partial charge >= 0.3 is 0 Å². The highest BCUT2D eigenvalue weighted by molar-refractivity contribution is 5.37. The Kier molecular flexibility index (Phi) is 1.99. The van der Waals surface area contributed by atoms with Crippen LogP contribution in [0.2, 0.25) is 0 Å². The molecule has 0 spiro atoms. The monoisotopic (exact) mass is 217 g/mol. The van der Waals surface area contributed by atoms with E-state index >= 15 is 0 Å². The molecular formula is C10H11N5O. The number of imidazole rings is 1. The molecule has 0 saturated carbocycles. The third kappa shape index (κ3) is 1.48. The Hall–Kier alpha value is -2.11. The highest BCUT2D eigenvalue weighted by Crippen LogP contribution is 2.15. The van der Waals surface area contributed by atoms with E-state index in [1.54, 1.807) is 6.20 Å². The van der Waals surface area contributed by atoms with Crippen molar-refractivity contribution < 1.29 is 0 Å². The summed E-state index contributed by atoms with van der Waals surface area (Å²) >= 11 is 0. The highest BCUT2D eigenvalue weighted by Gasteiger charge is 2.17. The van der Waals surface area contributed by atoms with Crippen molar-refractivity contribution in [3.8, 4) is 0 Å². The number of H-pyrrole nitrogens is 1. The lowest BCUT2D eigenvalue weighted by molar-refractivity contribution is 0.555. The Balaban J connectivity index is 1.91. The second-order valence-corrected chi connectivity index (χ2v) is 3.73. The van der Waals surface area contributed by atoms with Gasteiger partial charge in [0.15, 0.2) is 0 Å². The van der Waals surface area contributed by atoms with Gasteiger partial charge in [-0.1, -0.05) is 0 Å². The van der Waals surface area contributed by atoms with Crippen molar-refractivity contribution in [2.24, 2.45) is 0 Å². The van der Waals surface area contributed by atoms with E-state index in [-0.39, 0.29) is 5.56 Å². The second-order valence-electron chi connectivity index (χ2n) is 3.73. The van der Waals surface area contributed by atoms with Crippen LogP contribution in [0.5, 0.6) is 0 Å². The first-order chi connectivity index (χ1) is 7.83.